The van der Waals surface area contributed by atoms with Gasteiger partial charge in [-0.3, -0.25) is 14.5 Å². The summed E-state index contributed by atoms with van der Waals surface area (Å²) in [5.41, 5.74) is 1.87. The highest BCUT2D eigenvalue weighted by atomic mass is 16.5. The van der Waals surface area contributed by atoms with E-state index >= 15 is 0 Å². The second-order valence-corrected chi connectivity index (χ2v) is 7.72. The Hall–Kier alpha value is -2.86. The summed E-state index contributed by atoms with van der Waals surface area (Å²) < 4.78 is 5.77. The van der Waals surface area contributed by atoms with Crippen molar-refractivity contribution in [2.45, 2.75) is 19.4 Å². The minimum atomic E-state index is -0.0371. The Morgan fingerprint density at radius 1 is 0.931 bits per heavy atom. The van der Waals surface area contributed by atoms with E-state index in [1.807, 2.05) is 59.5 Å². The van der Waals surface area contributed by atoms with Gasteiger partial charge in [0.15, 0.2) is 0 Å². The normalized spacial score (nSPS) is 17.0. The van der Waals surface area contributed by atoms with Crippen LogP contribution in [0.1, 0.15) is 18.4 Å². The van der Waals surface area contributed by atoms with Gasteiger partial charge in [0, 0.05) is 37.8 Å². The van der Waals surface area contributed by atoms with Gasteiger partial charge in [-0.15, -0.1) is 0 Å². The number of anilines is 1. The van der Waals surface area contributed by atoms with E-state index in [9.17, 15) is 9.59 Å². The van der Waals surface area contributed by atoms with Crippen molar-refractivity contribution in [3.63, 3.8) is 0 Å². The maximum Gasteiger partial charge on any atom is 0.238 e. The Labute approximate surface area is 171 Å². The van der Waals surface area contributed by atoms with Crippen LogP contribution in [0.2, 0.25) is 0 Å². The van der Waals surface area contributed by atoms with E-state index < -0.39 is 0 Å². The summed E-state index contributed by atoms with van der Waals surface area (Å²) in [6.45, 7) is 3.79. The van der Waals surface area contributed by atoms with Gasteiger partial charge in [0.2, 0.25) is 11.8 Å². The number of nitrogens with one attached hydrogen (secondary N) is 1. The molecule has 1 saturated carbocycles. The monoisotopic (exact) mass is 393 g/mol. The van der Waals surface area contributed by atoms with Gasteiger partial charge >= 0.3 is 0 Å². The number of carbonyl (C=O) groups is 2. The Morgan fingerprint density at radius 3 is 2.28 bits per heavy atom. The van der Waals surface area contributed by atoms with Crippen LogP contribution in [0.5, 0.6) is 5.75 Å². The highest BCUT2D eigenvalue weighted by Crippen LogP contribution is 2.31. The quantitative estimate of drug-likeness (QED) is 0.786. The summed E-state index contributed by atoms with van der Waals surface area (Å²) in [5.74, 6) is 1.29. The molecular formula is C23H27N3O3. The minimum absolute atomic E-state index is 0.0371. The molecule has 0 unspecified atom stereocenters. The van der Waals surface area contributed by atoms with Crippen molar-refractivity contribution in [3.8, 4) is 5.75 Å². The summed E-state index contributed by atoms with van der Waals surface area (Å²) in [4.78, 5) is 28.5. The second-order valence-electron chi connectivity index (χ2n) is 7.72. The van der Waals surface area contributed by atoms with E-state index in [1.165, 1.54) is 0 Å². The summed E-state index contributed by atoms with van der Waals surface area (Å²) in [6.07, 6.45) is 2.08. The lowest BCUT2D eigenvalue weighted by atomic mass is 10.2. The van der Waals surface area contributed by atoms with E-state index in [2.05, 4.69) is 10.2 Å². The number of rotatable bonds is 7. The maximum atomic E-state index is 12.3. The van der Waals surface area contributed by atoms with Gasteiger partial charge in [-0.25, -0.2) is 0 Å². The van der Waals surface area contributed by atoms with Gasteiger partial charge in [-0.05, 0) is 42.7 Å². The summed E-state index contributed by atoms with van der Waals surface area (Å²) in [6, 6.07) is 17.4. The number of hydrogen-bond donors (Lipinski definition) is 1. The molecule has 152 valence electrons. The third-order valence-corrected chi connectivity index (χ3v) is 5.36. The molecule has 0 spiro atoms. The number of carbonyl (C=O) groups excluding carboxylic acids is 2. The molecule has 1 aliphatic carbocycles. The lowest BCUT2D eigenvalue weighted by molar-refractivity contribution is -0.134. The third-order valence-electron chi connectivity index (χ3n) is 5.36. The maximum absolute atomic E-state index is 12.3. The highest BCUT2D eigenvalue weighted by Gasteiger charge is 2.34. The number of ether oxygens (including phenoxy) is 1. The Kier molecular flexibility index (Phi) is 6.10. The van der Waals surface area contributed by atoms with Crippen LogP contribution in [-0.2, 0) is 16.2 Å². The first kappa shape index (κ1) is 19.5. The highest BCUT2D eigenvalue weighted by molar-refractivity contribution is 5.92. The van der Waals surface area contributed by atoms with E-state index in [1.54, 1.807) is 0 Å². The predicted molar refractivity (Wildman–Crippen MR) is 112 cm³/mol. The molecule has 6 heteroatoms. The van der Waals surface area contributed by atoms with Gasteiger partial charge in [0.1, 0.15) is 12.4 Å². The number of piperazine rings is 1. The zero-order valence-electron chi connectivity index (χ0n) is 16.5. The summed E-state index contributed by atoms with van der Waals surface area (Å²) >= 11 is 0. The molecule has 6 nitrogen and oxygen atoms in total. The Bertz CT molecular complexity index is 826. The van der Waals surface area contributed by atoms with E-state index in [0.29, 0.717) is 19.1 Å². The van der Waals surface area contributed by atoms with Crippen LogP contribution in [0.15, 0.2) is 54.6 Å². The summed E-state index contributed by atoms with van der Waals surface area (Å²) in [7, 11) is 0. The smallest absolute Gasteiger partial charge is 0.238 e. The van der Waals surface area contributed by atoms with Crippen molar-refractivity contribution < 1.29 is 14.3 Å². The molecule has 0 radical (unpaired) electrons. The lowest BCUT2D eigenvalue weighted by Crippen LogP contribution is -2.50. The molecule has 4 rings (SSSR count). The molecule has 0 bridgehead atoms. The molecule has 2 aliphatic rings. The zero-order valence-corrected chi connectivity index (χ0v) is 16.5. The second kappa shape index (κ2) is 9.09. The first-order chi connectivity index (χ1) is 14.2. The van der Waals surface area contributed by atoms with Crippen LogP contribution < -0.4 is 10.1 Å². The van der Waals surface area contributed by atoms with Gasteiger partial charge < -0.3 is 15.0 Å². The van der Waals surface area contributed by atoms with Crippen LogP contribution in [0.25, 0.3) is 0 Å². The van der Waals surface area contributed by atoms with Crippen LogP contribution in [-0.4, -0.2) is 54.3 Å². The molecular weight excluding hydrogens is 366 g/mol. The molecule has 0 atom stereocenters. The van der Waals surface area contributed by atoms with Crippen LogP contribution in [0, 0.1) is 5.92 Å². The largest absolute Gasteiger partial charge is 0.489 e. The molecule has 1 saturated heterocycles. The van der Waals surface area contributed by atoms with Crippen LogP contribution in [0.3, 0.4) is 0 Å². The first-order valence-corrected chi connectivity index (χ1v) is 10.3. The SMILES string of the molecule is O=C(CN1CCN(C(=O)C2CC2)CC1)Nc1ccc(OCc2ccccc2)cc1. The molecule has 2 aromatic carbocycles. The topological polar surface area (TPSA) is 61.9 Å². The van der Waals surface area contributed by atoms with Gasteiger partial charge in [-0.2, -0.15) is 0 Å². The third kappa shape index (κ3) is 5.57. The van der Waals surface area contributed by atoms with Crippen molar-refractivity contribution in [1.82, 2.24) is 9.80 Å². The number of amides is 2. The molecule has 1 heterocycles. The average Bonchev–Trinajstić information content (AvgIpc) is 3.59. The number of hydrogen-bond acceptors (Lipinski definition) is 4. The predicted octanol–water partition coefficient (Wildman–Crippen LogP) is 2.76. The zero-order chi connectivity index (χ0) is 20.1. The Morgan fingerprint density at radius 2 is 1.62 bits per heavy atom. The molecule has 2 fully saturated rings. The summed E-state index contributed by atoms with van der Waals surface area (Å²) in [5, 5.41) is 2.94. The van der Waals surface area contributed by atoms with Crippen LogP contribution >= 0.6 is 0 Å². The van der Waals surface area contributed by atoms with Crippen molar-refractivity contribution >= 4 is 17.5 Å². The molecule has 2 aromatic rings. The standard InChI is InChI=1S/C23H27N3O3/c27-22(16-25-12-14-26(15-13-25)23(28)19-6-7-19)24-20-8-10-21(11-9-20)29-17-18-4-2-1-3-5-18/h1-5,8-11,19H,6-7,12-17H2,(H,24,27). The minimum Gasteiger partial charge on any atom is -0.489 e. The van der Waals surface area contributed by atoms with Crippen LogP contribution in [0.4, 0.5) is 5.69 Å². The molecule has 2 amide bonds. The molecule has 1 N–H and O–H groups in total. The van der Waals surface area contributed by atoms with E-state index in [0.717, 1.165) is 56.0 Å². The van der Waals surface area contributed by atoms with Gasteiger partial charge in [0.05, 0.1) is 6.54 Å². The number of benzene rings is 2. The van der Waals surface area contributed by atoms with Crippen molar-refractivity contribution in [1.29, 1.82) is 0 Å². The van der Waals surface area contributed by atoms with Gasteiger partial charge in [-0.1, -0.05) is 30.3 Å². The molecule has 0 aromatic heterocycles. The number of nitrogens with zero attached hydrogens (tertiary/aromatic N) is 2. The van der Waals surface area contributed by atoms with E-state index in [4.69, 9.17) is 4.74 Å². The fourth-order valence-electron chi connectivity index (χ4n) is 3.49. The average molecular weight is 393 g/mol. The fraction of sp³-hybridized carbons (Fsp3) is 0.391. The molecule has 1 aliphatic heterocycles. The van der Waals surface area contributed by atoms with Crippen molar-refractivity contribution in [2.75, 3.05) is 38.0 Å². The van der Waals surface area contributed by atoms with Crippen molar-refractivity contribution in [3.05, 3.63) is 60.2 Å². The van der Waals surface area contributed by atoms with E-state index in [-0.39, 0.29) is 11.8 Å². The molecule has 29 heavy (non-hydrogen) atoms. The Balaban J connectivity index is 1.19. The fourth-order valence-corrected chi connectivity index (χ4v) is 3.49. The van der Waals surface area contributed by atoms with Crippen molar-refractivity contribution in [2.24, 2.45) is 5.92 Å². The van der Waals surface area contributed by atoms with Gasteiger partial charge in [0.25, 0.3) is 0 Å². The first-order valence-electron chi connectivity index (χ1n) is 10.3. The lowest BCUT2D eigenvalue weighted by Gasteiger charge is -2.34.